The molecule has 68 valence electrons. The van der Waals surface area contributed by atoms with Crippen LogP contribution in [0, 0.1) is 12.7 Å². The van der Waals surface area contributed by atoms with Gasteiger partial charge in [-0.15, -0.1) is 0 Å². The van der Waals surface area contributed by atoms with Gasteiger partial charge in [0.1, 0.15) is 5.82 Å². The zero-order chi connectivity index (χ0) is 9.59. The van der Waals surface area contributed by atoms with Crippen molar-refractivity contribution in [3.05, 3.63) is 34.7 Å². The van der Waals surface area contributed by atoms with Gasteiger partial charge >= 0.3 is 0 Å². The van der Waals surface area contributed by atoms with Crippen LogP contribution in [0.1, 0.15) is 5.69 Å². The molecule has 1 aromatic carbocycles. The third-order valence-corrected chi connectivity index (χ3v) is 2.93. The van der Waals surface area contributed by atoms with Crippen LogP contribution in [-0.4, -0.2) is 4.09 Å². The quantitative estimate of drug-likeness (QED) is 0.634. The minimum Gasteiger partial charge on any atom is -0.256 e. The van der Waals surface area contributed by atoms with Crippen LogP contribution < -0.4 is 0 Å². The van der Waals surface area contributed by atoms with E-state index in [0.717, 1.165) is 11.1 Å². The molecule has 0 saturated heterocycles. The number of halogens is 3. The summed E-state index contributed by atoms with van der Waals surface area (Å²) in [5.74, 6) is -0.316. The number of fused-ring (bicyclic) bond motifs is 1. The molecule has 4 heteroatoms. The number of nitrogens with zero attached hydrogens (tertiary/aromatic N) is 1. The summed E-state index contributed by atoms with van der Waals surface area (Å²) in [6.45, 7) is 1.78. The lowest BCUT2D eigenvalue weighted by Crippen LogP contribution is -1.82. The van der Waals surface area contributed by atoms with Crippen LogP contribution in [0.3, 0.4) is 0 Å². The van der Waals surface area contributed by atoms with E-state index in [4.69, 9.17) is 23.4 Å². The molecule has 0 aliphatic heterocycles. The Labute approximate surface area is 84.8 Å². The van der Waals surface area contributed by atoms with Crippen LogP contribution in [-0.2, 0) is 0 Å². The van der Waals surface area contributed by atoms with Crippen molar-refractivity contribution in [2.24, 2.45) is 0 Å². The maximum absolute atomic E-state index is 12.8. The molecule has 1 aromatic heterocycles. The van der Waals surface area contributed by atoms with Crippen molar-refractivity contribution in [1.29, 1.82) is 0 Å². The van der Waals surface area contributed by atoms with E-state index in [1.165, 1.54) is 16.2 Å². The molecule has 0 aliphatic carbocycles. The molecule has 0 N–H and O–H groups in total. The zero-order valence-electron chi connectivity index (χ0n) is 6.81. The molecular formula is C9H6Cl2FN. The first-order valence-corrected chi connectivity index (χ1v) is 4.45. The van der Waals surface area contributed by atoms with Gasteiger partial charge in [0, 0.05) is 17.2 Å². The Morgan fingerprint density at radius 2 is 2.08 bits per heavy atom. The Balaban J connectivity index is 2.95. The highest BCUT2D eigenvalue weighted by molar-refractivity contribution is 6.37. The number of benzene rings is 1. The molecule has 0 fully saturated rings. The Morgan fingerprint density at radius 1 is 1.38 bits per heavy atom. The average molecular weight is 218 g/mol. The summed E-state index contributed by atoms with van der Waals surface area (Å²) >= 11 is 11.9. The SMILES string of the molecule is Cc1c(Cl)c2ccc(F)cc2n1Cl. The van der Waals surface area contributed by atoms with Crippen LogP contribution in [0.4, 0.5) is 4.39 Å². The van der Waals surface area contributed by atoms with Crippen molar-refractivity contribution < 1.29 is 4.39 Å². The van der Waals surface area contributed by atoms with Crippen molar-refractivity contribution in [2.45, 2.75) is 6.92 Å². The summed E-state index contributed by atoms with van der Waals surface area (Å²) in [5, 5.41) is 1.35. The molecule has 1 nitrogen and oxygen atoms in total. The molecule has 1 heterocycles. The topological polar surface area (TPSA) is 4.93 Å². The van der Waals surface area contributed by atoms with Crippen LogP contribution in [0.15, 0.2) is 18.2 Å². The number of hydrogen-bond donors (Lipinski definition) is 0. The van der Waals surface area contributed by atoms with Crippen molar-refractivity contribution in [2.75, 3.05) is 0 Å². The Hall–Kier alpha value is -0.730. The molecule has 0 radical (unpaired) electrons. The highest BCUT2D eigenvalue weighted by Gasteiger charge is 2.11. The highest BCUT2D eigenvalue weighted by atomic mass is 35.5. The highest BCUT2D eigenvalue weighted by Crippen LogP contribution is 2.31. The largest absolute Gasteiger partial charge is 0.256 e. The van der Waals surface area contributed by atoms with Gasteiger partial charge in [0.25, 0.3) is 0 Å². The van der Waals surface area contributed by atoms with Crippen molar-refractivity contribution in [3.63, 3.8) is 0 Å². The molecule has 2 rings (SSSR count). The summed E-state index contributed by atoms with van der Waals surface area (Å²) in [4.78, 5) is 0. The zero-order valence-corrected chi connectivity index (χ0v) is 8.33. The minimum absolute atomic E-state index is 0.316. The monoisotopic (exact) mass is 217 g/mol. The lowest BCUT2D eigenvalue weighted by Gasteiger charge is -1.93. The van der Waals surface area contributed by atoms with Crippen molar-refractivity contribution >= 4 is 34.3 Å². The molecule has 0 atom stereocenters. The Kier molecular flexibility index (Phi) is 1.97. The molecular weight excluding hydrogens is 212 g/mol. The van der Waals surface area contributed by atoms with E-state index in [1.807, 2.05) is 0 Å². The second-order valence-corrected chi connectivity index (χ2v) is 3.56. The van der Waals surface area contributed by atoms with E-state index in [-0.39, 0.29) is 5.82 Å². The van der Waals surface area contributed by atoms with E-state index in [0.29, 0.717) is 10.5 Å². The first kappa shape index (κ1) is 8.85. The molecule has 0 bridgehead atoms. The number of rotatable bonds is 0. The molecule has 0 spiro atoms. The van der Waals surface area contributed by atoms with Crippen molar-refractivity contribution in [1.82, 2.24) is 4.09 Å². The first-order chi connectivity index (χ1) is 6.11. The molecule has 0 saturated carbocycles. The van der Waals surface area contributed by atoms with Gasteiger partial charge in [-0.05, 0) is 25.1 Å². The first-order valence-electron chi connectivity index (χ1n) is 3.73. The summed E-state index contributed by atoms with van der Waals surface area (Å²) < 4.78 is 14.2. The third-order valence-electron chi connectivity index (χ3n) is 2.02. The normalized spacial score (nSPS) is 11.1. The van der Waals surface area contributed by atoms with Crippen molar-refractivity contribution in [3.8, 4) is 0 Å². The van der Waals surface area contributed by atoms with E-state index < -0.39 is 0 Å². The van der Waals surface area contributed by atoms with E-state index in [9.17, 15) is 4.39 Å². The van der Waals surface area contributed by atoms with E-state index in [2.05, 4.69) is 0 Å². The van der Waals surface area contributed by atoms with Gasteiger partial charge in [-0.1, -0.05) is 11.6 Å². The fourth-order valence-electron chi connectivity index (χ4n) is 1.31. The van der Waals surface area contributed by atoms with Crippen LogP contribution >= 0.6 is 23.4 Å². The van der Waals surface area contributed by atoms with E-state index in [1.54, 1.807) is 13.0 Å². The van der Waals surface area contributed by atoms with Gasteiger partial charge in [-0.3, -0.25) is 4.09 Å². The predicted molar refractivity (Wildman–Crippen MR) is 52.9 cm³/mol. The molecule has 0 amide bonds. The van der Waals surface area contributed by atoms with Gasteiger partial charge in [-0.2, -0.15) is 0 Å². The maximum atomic E-state index is 12.8. The number of hydrogen-bond acceptors (Lipinski definition) is 0. The van der Waals surface area contributed by atoms with Crippen LogP contribution in [0.2, 0.25) is 5.02 Å². The minimum atomic E-state index is -0.316. The third kappa shape index (κ3) is 1.21. The van der Waals surface area contributed by atoms with Gasteiger partial charge in [0.05, 0.1) is 16.2 Å². The van der Waals surface area contributed by atoms with Crippen LogP contribution in [0.5, 0.6) is 0 Å². The summed E-state index contributed by atoms with van der Waals surface area (Å²) in [6.07, 6.45) is 0. The lowest BCUT2D eigenvalue weighted by atomic mass is 10.2. The average Bonchev–Trinajstić information content (AvgIpc) is 2.32. The van der Waals surface area contributed by atoms with Gasteiger partial charge < -0.3 is 0 Å². The smallest absolute Gasteiger partial charge is 0.125 e. The second-order valence-electron chi connectivity index (χ2n) is 2.84. The van der Waals surface area contributed by atoms with Gasteiger partial charge in [0.15, 0.2) is 0 Å². The molecule has 13 heavy (non-hydrogen) atoms. The number of aromatic nitrogens is 1. The molecule has 0 unspecified atom stereocenters. The van der Waals surface area contributed by atoms with E-state index >= 15 is 0 Å². The van der Waals surface area contributed by atoms with Gasteiger partial charge in [-0.25, -0.2) is 4.39 Å². The standard InChI is InChI=1S/C9H6Cl2FN/c1-5-9(10)7-3-2-6(12)4-8(7)13(5)11/h2-4H,1H3. The summed E-state index contributed by atoms with van der Waals surface area (Å²) in [5.41, 5.74) is 1.33. The maximum Gasteiger partial charge on any atom is 0.125 e. The molecule has 2 aromatic rings. The predicted octanol–water partition coefficient (Wildman–Crippen LogP) is 3.74. The Morgan fingerprint density at radius 3 is 2.77 bits per heavy atom. The lowest BCUT2D eigenvalue weighted by molar-refractivity contribution is 0.629. The molecule has 0 aliphatic rings. The summed E-state index contributed by atoms with van der Waals surface area (Å²) in [6, 6.07) is 4.35. The second kappa shape index (κ2) is 2.89. The van der Waals surface area contributed by atoms with Crippen LogP contribution in [0.25, 0.3) is 10.9 Å². The summed E-state index contributed by atoms with van der Waals surface area (Å²) in [7, 11) is 0. The Bertz CT molecular complexity index is 476. The van der Waals surface area contributed by atoms with Gasteiger partial charge in [0.2, 0.25) is 0 Å². The fraction of sp³-hybridized carbons (Fsp3) is 0.111. The fourth-order valence-corrected chi connectivity index (χ4v) is 1.83.